The van der Waals surface area contributed by atoms with Crippen LogP contribution in [0.25, 0.3) is 0 Å². The van der Waals surface area contributed by atoms with Crippen LogP contribution in [0.15, 0.2) is 52.5 Å². The molecular weight excluding hydrogens is 404 g/mol. The van der Waals surface area contributed by atoms with Crippen molar-refractivity contribution < 1.29 is 13.3 Å². The Labute approximate surface area is 169 Å². The minimum atomic E-state index is -3.81. The molecule has 0 bridgehead atoms. The Morgan fingerprint density at radius 2 is 1.86 bits per heavy atom. The maximum Gasteiger partial charge on any atom is 0.295 e. The van der Waals surface area contributed by atoms with Gasteiger partial charge >= 0.3 is 0 Å². The van der Waals surface area contributed by atoms with Crippen LogP contribution in [-0.2, 0) is 10.0 Å². The van der Waals surface area contributed by atoms with E-state index in [-0.39, 0.29) is 29.4 Å². The largest absolute Gasteiger partial charge is 0.295 e. The Bertz CT molecular complexity index is 1000. The number of halogens is 1. The highest BCUT2D eigenvalue weighted by Crippen LogP contribution is 2.29. The van der Waals surface area contributed by atoms with Gasteiger partial charge in [0.2, 0.25) is 10.0 Å². The first kappa shape index (κ1) is 21.8. The van der Waals surface area contributed by atoms with E-state index in [2.05, 4.69) is 10.5 Å². The van der Waals surface area contributed by atoms with Crippen LogP contribution in [0.3, 0.4) is 0 Å². The second-order valence-corrected chi connectivity index (χ2v) is 8.16. The molecule has 10 heteroatoms. The zero-order valence-electron chi connectivity index (χ0n) is 15.7. The summed E-state index contributed by atoms with van der Waals surface area (Å²) in [7, 11) is -3.81. The zero-order chi connectivity index (χ0) is 20.9. The highest BCUT2D eigenvalue weighted by atomic mass is 35.5. The van der Waals surface area contributed by atoms with E-state index < -0.39 is 14.9 Å². The summed E-state index contributed by atoms with van der Waals surface area (Å²) < 4.78 is 26.5. The first-order valence-electron chi connectivity index (χ1n) is 8.56. The lowest BCUT2D eigenvalue weighted by Crippen LogP contribution is -2.30. The van der Waals surface area contributed by atoms with Gasteiger partial charge in [0.15, 0.2) is 0 Å². The molecule has 0 radical (unpaired) electrons. The fourth-order valence-electron chi connectivity index (χ4n) is 2.59. The van der Waals surface area contributed by atoms with Crippen molar-refractivity contribution in [2.75, 3.05) is 18.5 Å². The third kappa shape index (κ3) is 4.67. The molecule has 2 rings (SSSR count). The average molecular weight is 425 g/mol. The van der Waals surface area contributed by atoms with E-state index >= 15 is 0 Å². The number of hydrogen-bond donors (Lipinski definition) is 1. The molecule has 1 N–H and O–H groups in total. The van der Waals surface area contributed by atoms with Gasteiger partial charge in [-0.25, -0.2) is 8.42 Å². The van der Waals surface area contributed by atoms with Crippen LogP contribution in [0.1, 0.15) is 26.3 Å². The quantitative estimate of drug-likeness (QED) is 0.390. The van der Waals surface area contributed by atoms with E-state index in [1.807, 2.05) is 0 Å². The molecule has 0 aliphatic carbocycles. The van der Waals surface area contributed by atoms with Crippen molar-refractivity contribution in [3.63, 3.8) is 0 Å². The SMILES string of the molecule is CCN(CC)S(=O)(=O)c1ccc(N/N=C(\C)c2ccccc2Cl)c([N+](=O)[O-])c1. The maximum atomic E-state index is 12.6. The molecule has 2 aromatic rings. The Hall–Kier alpha value is -2.49. The van der Waals surface area contributed by atoms with Gasteiger partial charge in [0.05, 0.1) is 15.5 Å². The van der Waals surface area contributed by atoms with E-state index in [1.165, 1.54) is 16.4 Å². The lowest BCUT2D eigenvalue weighted by atomic mass is 10.1. The summed E-state index contributed by atoms with van der Waals surface area (Å²) >= 11 is 6.12. The highest BCUT2D eigenvalue weighted by Gasteiger charge is 2.25. The van der Waals surface area contributed by atoms with Crippen LogP contribution in [-0.4, -0.2) is 36.4 Å². The molecule has 0 saturated carbocycles. The summed E-state index contributed by atoms with van der Waals surface area (Å²) in [6.45, 7) is 5.66. The van der Waals surface area contributed by atoms with Gasteiger partial charge in [-0.05, 0) is 25.1 Å². The van der Waals surface area contributed by atoms with Crippen LogP contribution in [0.2, 0.25) is 5.02 Å². The van der Waals surface area contributed by atoms with Crippen LogP contribution in [0.4, 0.5) is 11.4 Å². The van der Waals surface area contributed by atoms with Gasteiger partial charge in [-0.3, -0.25) is 15.5 Å². The fourth-order valence-corrected chi connectivity index (χ4v) is 4.34. The van der Waals surface area contributed by atoms with Crippen molar-refractivity contribution in [1.29, 1.82) is 0 Å². The van der Waals surface area contributed by atoms with Crippen molar-refractivity contribution in [3.05, 3.63) is 63.2 Å². The van der Waals surface area contributed by atoms with Crippen LogP contribution < -0.4 is 5.43 Å². The number of nitro benzene ring substituents is 1. The van der Waals surface area contributed by atoms with Crippen LogP contribution in [0, 0.1) is 10.1 Å². The van der Waals surface area contributed by atoms with Crippen molar-refractivity contribution in [1.82, 2.24) is 4.31 Å². The lowest BCUT2D eigenvalue weighted by Gasteiger charge is -2.18. The number of sulfonamides is 1. The van der Waals surface area contributed by atoms with Gasteiger partial charge < -0.3 is 0 Å². The number of nitrogens with one attached hydrogen (secondary N) is 1. The Morgan fingerprint density at radius 3 is 2.43 bits per heavy atom. The third-order valence-corrected chi connectivity index (χ3v) is 6.49. The number of nitrogens with zero attached hydrogens (tertiary/aromatic N) is 3. The molecular formula is C18H21ClN4O4S. The van der Waals surface area contributed by atoms with E-state index in [1.54, 1.807) is 45.0 Å². The van der Waals surface area contributed by atoms with E-state index in [0.29, 0.717) is 16.3 Å². The Kier molecular flexibility index (Phi) is 7.11. The molecule has 0 amide bonds. The zero-order valence-corrected chi connectivity index (χ0v) is 17.3. The monoisotopic (exact) mass is 424 g/mol. The lowest BCUT2D eigenvalue weighted by molar-refractivity contribution is -0.384. The molecule has 0 atom stereocenters. The number of anilines is 1. The minimum absolute atomic E-state index is 0.0786. The number of nitro groups is 1. The number of hydrogen-bond acceptors (Lipinski definition) is 6. The van der Waals surface area contributed by atoms with Gasteiger partial charge in [0.25, 0.3) is 5.69 Å². The summed E-state index contributed by atoms with van der Waals surface area (Å²) in [4.78, 5) is 10.7. The van der Waals surface area contributed by atoms with Gasteiger partial charge in [-0.2, -0.15) is 9.41 Å². The summed E-state index contributed by atoms with van der Waals surface area (Å²) in [5.74, 6) is 0. The fraction of sp³-hybridized carbons (Fsp3) is 0.278. The summed E-state index contributed by atoms with van der Waals surface area (Å²) in [5.41, 5.74) is 3.54. The minimum Gasteiger partial charge on any atom is -0.271 e. The summed E-state index contributed by atoms with van der Waals surface area (Å²) in [5, 5.41) is 16.1. The molecule has 0 heterocycles. The smallest absolute Gasteiger partial charge is 0.271 e. The number of benzene rings is 2. The molecule has 0 aliphatic heterocycles. The molecule has 0 saturated heterocycles. The van der Waals surface area contributed by atoms with Crippen molar-refractivity contribution in [2.24, 2.45) is 5.10 Å². The maximum absolute atomic E-state index is 12.6. The number of hydrazone groups is 1. The van der Waals surface area contributed by atoms with Crippen LogP contribution in [0.5, 0.6) is 0 Å². The van der Waals surface area contributed by atoms with Crippen molar-refractivity contribution in [3.8, 4) is 0 Å². The second-order valence-electron chi connectivity index (χ2n) is 5.81. The molecule has 8 nitrogen and oxygen atoms in total. The average Bonchev–Trinajstić information content (AvgIpc) is 2.67. The van der Waals surface area contributed by atoms with Gasteiger partial charge in [0, 0.05) is 29.7 Å². The van der Waals surface area contributed by atoms with Crippen molar-refractivity contribution >= 4 is 38.7 Å². The Balaban J connectivity index is 2.40. The molecule has 0 fully saturated rings. The topological polar surface area (TPSA) is 105 Å². The number of rotatable bonds is 8. The van der Waals surface area contributed by atoms with Crippen LogP contribution >= 0.6 is 11.6 Å². The predicted octanol–water partition coefficient (Wildman–Crippen LogP) is 4.11. The molecule has 150 valence electrons. The normalized spacial score (nSPS) is 12.2. The first-order valence-corrected chi connectivity index (χ1v) is 10.4. The molecule has 0 aliphatic rings. The molecule has 2 aromatic carbocycles. The second kappa shape index (κ2) is 9.13. The summed E-state index contributed by atoms with van der Waals surface area (Å²) in [6.07, 6.45) is 0. The third-order valence-electron chi connectivity index (χ3n) is 4.12. The van der Waals surface area contributed by atoms with Gasteiger partial charge in [-0.1, -0.05) is 43.6 Å². The van der Waals surface area contributed by atoms with Gasteiger partial charge in [-0.15, -0.1) is 0 Å². The van der Waals surface area contributed by atoms with E-state index in [4.69, 9.17) is 11.6 Å². The Morgan fingerprint density at radius 1 is 1.21 bits per heavy atom. The molecule has 28 heavy (non-hydrogen) atoms. The van der Waals surface area contributed by atoms with E-state index in [0.717, 1.165) is 6.07 Å². The standard InChI is InChI=1S/C18H21ClN4O4S/c1-4-22(5-2)28(26,27)14-10-11-17(18(12-14)23(24)25)21-20-13(3)15-8-6-7-9-16(15)19/h6-12,21H,4-5H2,1-3H3/b20-13+. The molecule has 0 spiro atoms. The predicted molar refractivity (Wildman–Crippen MR) is 110 cm³/mol. The van der Waals surface area contributed by atoms with E-state index in [9.17, 15) is 18.5 Å². The molecule has 0 unspecified atom stereocenters. The summed E-state index contributed by atoms with van der Waals surface area (Å²) in [6, 6.07) is 10.8. The molecule has 0 aromatic heterocycles. The van der Waals surface area contributed by atoms with Crippen molar-refractivity contribution in [2.45, 2.75) is 25.7 Å². The van der Waals surface area contributed by atoms with Gasteiger partial charge in [0.1, 0.15) is 5.69 Å². The first-order chi connectivity index (χ1) is 13.2. The highest BCUT2D eigenvalue weighted by molar-refractivity contribution is 7.89.